The summed E-state index contributed by atoms with van der Waals surface area (Å²) in [7, 11) is -3.31. The fraction of sp³-hybridized carbons (Fsp3) is 0.400. The number of hydrogen-bond acceptors (Lipinski definition) is 5. The molecule has 1 aliphatic heterocycles. The van der Waals surface area contributed by atoms with Crippen LogP contribution in [0.4, 0.5) is 5.69 Å². The van der Waals surface area contributed by atoms with E-state index in [0.29, 0.717) is 11.3 Å². The number of aromatic nitrogens is 1. The van der Waals surface area contributed by atoms with E-state index in [4.69, 9.17) is 0 Å². The molecule has 29 heavy (non-hydrogen) atoms. The van der Waals surface area contributed by atoms with Gasteiger partial charge in [0, 0.05) is 42.0 Å². The molecule has 0 radical (unpaired) electrons. The summed E-state index contributed by atoms with van der Waals surface area (Å²) in [5.74, 6) is 0.176. The molecule has 1 aromatic carbocycles. The molecule has 160 valence electrons. The van der Waals surface area contributed by atoms with E-state index in [2.05, 4.69) is 14.6 Å². The van der Waals surface area contributed by atoms with Crippen LogP contribution in [0.25, 0.3) is 0 Å². The average Bonchev–Trinajstić information content (AvgIpc) is 2.66. The average molecular weight is 460 g/mol. The lowest BCUT2D eigenvalue weighted by atomic mass is 9.89. The minimum absolute atomic E-state index is 0. The normalized spacial score (nSPS) is 15.1. The Kier molecular flexibility index (Phi) is 10.1. The number of anilines is 1. The van der Waals surface area contributed by atoms with E-state index >= 15 is 0 Å². The van der Waals surface area contributed by atoms with Crippen molar-refractivity contribution in [1.82, 2.24) is 9.88 Å². The third kappa shape index (κ3) is 7.93. The molecule has 0 amide bonds. The summed E-state index contributed by atoms with van der Waals surface area (Å²) in [6.07, 6.45) is 5.55. The minimum Gasteiger partial charge on any atom is -0.303 e. The maximum Gasteiger partial charge on any atom is 0.229 e. The zero-order valence-corrected chi connectivity index (χ0v) is 18.7. The van der Waals surface area contributed by atoms with E-state index < -0.39 is 10.0 Å². The molecule has 1 saturated heterocycles. The van der Waals surface area contributed by atoms with Gasteiger partial charge in [-0.1, -0.05) is 6.07 Å². The summed E-state index contributed by atoms with van der Waals surface area (Å²) < 4.78 is 24.9. The largest absolute Gasteiger partial charge is 0.303 e. The smallest absolute Gasteiger partial charge is 0.229 e. The molecule has 0 aliphatic carbocycles. The van der Waals surface area contributed by atoms with Crippen molar-refractivity contribution >= 4 is 46.3 Å². The number of sulfonamides is 1. The van der Waals surface area contributed by atoms with Gasteiger partial charge < -0.3 is 4.90 Å². The maximum absolute atomic E-state index is 12.7. The van der Waals surface area contributed by atoms with E-state index in [1.807, 2.05) is 24.4 Å². The number of benzene rings is 1. The molecule has 1 fully saturated rings. The molecule has 3 rings (SSSR count). The number of nitrogens with one attached hydrogen (secondary N) is 1. The molecular weight excluding hydrogens is 433 g/mol. The van der Waals surface area contributed by atoms with Crippen LogP contribution in [0, 0.1) is 5.92 Å². The van der Waals surface area contributed by atoms with Crippen molar-refractivity contribution in [3.05, 3.63) is 59.9 Å². The zero-order chi connectivity index (χ0) is 19.3. The second-order valence-electron chi connectivity index (χ2n) is 7.00. The summed E-state index contributed by atoms with van der Waals surface area (Å²) in [4.78, 5) is 19.5. The number of carbonyl (C=O) groups is 1. The Hall–Kier alpha value is -1.67. The lowest BCUT2D eigenvalue weighted by Crippen LogP contribution is -2.37. The van der Waals surface area contributed by atoms with Gasteiger partial charge in [0.25, 0.3) is 0 Å². The quantitative estimate of drug-likeness (QED) is 0.641. The molecule has 1 N–H and O–H groups in total. The van der Waals surface area contributed by atoms with Crippen LogP contribution in [-0.4, -0.2) is 50.0 Å². The van der Waals surface area contributed by atoms with E-state index in [1.165, 1.54) is 0 Å². The first kappa shape index (κ1) is 25.4. The van der Waals surface area contributed by atoms with Crippen LogP contribution in [0.3, 0.4) is 0 Å². The topological polar surface area (TPSA) is 79.4 Å². The molecule has 1 aliphatic rings. The summed E-state index contributed by atoms with van der Waals surface area (Å²) in [5.41, 5.74) is 2.21. The molecule has 9 heteroatoms. The molecule has 2 aromatic rings. The number of Topliss-reactive ketones (excluding diaryl/α,β-unsaturated/α-hetero) is 1. The Morgan fingerprint density at radius 1 is 1.10 bits per heavy atom. The van der Waals surface area contributed by atoms with E-state index in [1.54, 1.807) is 24.3 Å². The van der Waals surface area contributed by atoms with Gasteiger partial charge in [0.1, 0.15) is 0 Å². The highest BCUT2D eigenvalue weighted by molar-refractivity contribution is 7.92. The lowest BCUT2D eigenvalue weighted by molar-refractivity contribution is 0.0841. The number of nitrogens with zero attached hydrogens (tertiary/aromatic N) is 2. The van der Waals surface area contributed by atoms with E-state index in [-0.39, 0.29) is 36.5 Å². The second-order valence-corrected chi connectivity index (χ2v) is 8.75. The minimum atomic E-state index is -3.31. The standard InChI is InChI=1S/C20H25N3O3S.2ClH/c1-27(25,26)22-19-7-5-16(6-8-19)20(24)17-9-13-23(14-10-17)15-11-18-4-2-3-12-21-18;;/h2-8,12,17,22H,9-11,13-15H2,1H3;2*1H. The first-order chi connectivity index (χ1) is 12.9. The van der Waals surface area contributed by atoms with Gasteiger partial charge in [0.15, 0.2) is 5.78 Å². The van der Waals surface area contributed by atoms with E-state index in [0.717, 1.165) is 50.8 Å². The molecule has 2 heterocycles. The van der Waals surface area contributed by atoms with Crippen molar-refractivity contribution in [1.29, 1.82) is 0 Å². The molecule has 1 aromatic heterocycles. The van der Waals surface area contributed by atoms with Crippen molar-refractivity contribution in [3.63, 3.8) is 0 Å². The van der Waals surface area contributed by atoms with Gasteiger partial charge >= 0.3 is 0 Å². The Bertz CT molecular complexity index is 870. The van der Waals surface area contributed by atoms with Crippen LogP contribution in [0.2, 0.25) is 0 Å². The highest BCUT2D eigenvalue weighted by Crippen LogP contribution is 2.23. The summed E-state index contributed by atoms with van der Waals surface area (Å²) in [6.45, 7) is 2.79. The van der Waals surface area contributed by atoms with Gasteiger partial charge in [-0.05, 0) is 62.3 Å². The Labute approximate surface area is 185 Å². The number of carbonyl (C=O) groups excluding carboxylic acids is 1. The summed E-state index contributed by atoms with van der Waals surface area (Å²) in [5, 5.41) is 0. The third-order valence-electron chi connectivity index (χ3n) is 4.84. The van der Waals surface area contributed by atoms with Crippen molar-refractivity contribution in [3.8, 4) is 0 Å². The lowest BCUT2D eigenvalue weighted by Gasteiger charge is -2.31. The Morgan fingerprint density at radius 2 is 1.76 bits per heavy atom. The molecule has 0 saturated carbocycles. The molecule has 0 atom stereocenters. The predicted octanol–water partition coefficient (Wildman–Crippen LogP) is 3.43. The number of ketones is 1. The SMILES string of the molecule is CS(=O)(=O)Nc1ccc(C(=O)C2CCN(CCc3ccccn3)CC2)cc1.Cl.Cl. The molecule has 0 spiro atoms. The summed E-state index contributed by atoms with van der Waals surface area (Å²) >= 11 is 0. The van der Waals surface area contributed by atoms with Gasteiger partial charge in [-0.15, -0.1) is 24.8 Å². The number of likely N-dealkylation sites (tertiary alicyclic amines) is 1. The fourth-order valence-corrected chi connectivity index (χ4v) is 3.95. The predicted molar refractivity (Wildman–Crippen MR) is 121 cm³/mol. The number of pyridine rings is 1. The molecule has 6 nitrogen and oxygen atoms in total. The second kappa shape index (κ2) is 11.5. The highest BCUT2D eigenvalue weighted by atomic mass is 35.5. The molecule has 0 bridgehead atoms. The number of hydrogen-bond donors (Lipinski definition) is 1. The summed E-state index contributed by atoms with van der Waals surface area (Å²) in [6, 6.07) is 12.6. The van der Waals surface area contributed by atoms with Gasteiger partial charge in [0.2, 0.25) is 10.0 Å². The fourth-order valence-electron chi connectivity index (χ4n) is 3.39. The van der Waals surface area contributed by atoms with Crippen molar-refractivity contribution < 1.29 is 13.2 Å². The molecule has 0 unspecified atom stereocenters. The van der Waals surface area contributed by atoms with Crippen LogP contribution in [0.15, 0.2) is 48.7 Å². The zero-order valence-electron chi connectivity index (χ0n) is 16.3. The van der Waals surface area contributed by atoms with E-state index in [9.17, 15) is 13.2 Å². The Morgan fingerprint density at radius 3 is 2.31 bits per heavy atom. The monoisotopic (exact) mass is 459 g/mol. The van der Waals surface area contributed by atoms with Gasteiger partial charge in [0.05, 0.1) is 6.26 Å². The van der Waals surface area contributed by atoms with Crippen LogP contribution in [-0.2, 0) is 16.4 Å². The highest BCUT2D eigenvalue weighted by Gasteiger charge is 2.25. The van der Waals surface area contributed by atoms with Crippen molar-refractivity contribution in [2.75, 3.05) is 30.6 Å². The first-order valence-electron chi connectivity index (χ1n) is 9.15. The van der Waals surface area contributed by atoms with Crippen LogP contribution in [0.1, 0.15) is 28.9 Å². The van der Waals surface area contributed by atoms with Crippen LogP contribution in [0.5, 0.6) is 0 Å². The third-order valence-corrected chi connectivity index (χ3v) is 5.45. The molecular formula is C20H27Cl2N3O3S. The van der Waals surface area contributed by atoms with Gasteiger partial charge in [-0.25, -0.2) is 8.42 Å². The number of piperidine rings is 1. The number of halogens is 2. The first-order valence-corrected chi connectivity index (χ1v) is 11.0. The van der Waals surface area contributed by atoms with Gasteiger partial charge in [-0.2, -0.15) is 0 Å². The van der Waals surface area contributed by atoms with Crippen LogP contribution >= 0.6 is 24.8 Å². The maximum atomic E-state index is 12.7. The number of rotatable bonds is 7. The van der Waals surface area contributed by atoms with Crippen molar-refractivity contribution in [2.45, 2.75) is 19.3 Å². The Balaban J connectivity index is 0.00000210. The van der Waals surface area contributed by atoms with Gasteiger partial charge in [-0.3, -0.25) is 14.5 Å². The van der Waals surface area contributed by atoms with Crippen LogP contribution < -0.4 is 4.72 Å². The van der Waals surface area contributed by atoms with Crippen molar-refractivity contribution in [2.24, 2.45) is 5.92 Å².